The van der Waals surface area contributed by atoms with Crippen molar-refractivity contribution in [2.24, 2.45) is 0 Å². The van der Waals surface area contributed by atoms with E-state index in [0.717, 1.165) is 9.14 Å². The molecule has 2 rings (SSSR count). The number of aromatic carboxylic acids is 1. The number of ether oxygens (including phenoxy) is 1. The predicted octanol–water partition coefficient (Wildman–Crippen LogP) is 3.33. The second-order valence-electron chi connectivity index (χ2n) is 4.13. The fourth-order valence-corrected chi connectivity index (χ4v) is 2.01. The molecule has 1 aromatic carbocycles. The minimum atomic E-state index is -0.960. The normalized spacial score (nSPS) is 17.1. The lowest BCUT2D eigenvalue weighted by atomic mass is 10.00. The van der Waals surface area contributed by atoms with Crippen LogP contribution in [-0.2, 0) is 0 Å². The zero-order chi connectivity index (χ0) is 11.9. The lowest BCUT2D eigenvalue weighted by Crippen LogP contribution is -2.31. The van der Waals surface area contributed by atoms with Crippen LogP contribution in [0.5, 0.6) is 5.75 Å². The van der Waals surface area contributed by atoms with Gasteiger partial charge in [0, 0.05) is 9.14 Å². The van der Waals surface area contributed by atoms with Crippen molar-refractivity contribution in [3.8, 4) is 5.75 Å². The van der Waals surface area contributed by atoms with Gasteiger partial charge < -0.3 is 9.84 Å². The Labute approximate surface area is 107 Å². The fourth-order valence-electron chi connectivity index (χ4n) is 1.57. The van der Waals surface area contributed by atoms with Gasteiger partial charge in [-0.15, -0.1) is 0 Å². The van der Waals surface area contributed by atoms with E-state index in [2.05, 4.69) is 22.6 Å². The number of hydrogen-bond acceptors (Lipinski definition) is 2. The summed E-state index contributed by atoms with van der Waals surface area (Å²) >= 11 is 2.21. The molecule has 0 amide bonds. The summed E-state index contributed by atoms with van der Waals surface area (Å²) in [5.74, 6) is -0.502. The Balaban J connectivity index is 2.63. The number of hydrogen-bond donors (Lipinski definition) is 1. The van der Waals surface area contributed by atoms with Crippen LogP contribution in [0.4, 0.5) is 0 Å². The Hall–Kier alpha value is -1.04. The zero-order valence-corrected chi connectivity index (χ0v) is 11.1. The summed E-state index contributed by atoms with van der Waals surface area (Å²) < 4.78 is 6.82. The molecule has 0 spiro atoms. The first-order valence-corrected chi connectivity index (χ1v) is 5.93. The molecular weight excluding hydrogens is 319 g/mol. The number of carboxylic acid groups (broad SMARTS) is 1. The molecule has 0 unspecified atom stereocenters. The van der Waals surface area contributed by atoms with Gasteiger partial charge >= 0.3 is 5.97 Å². The molecular formula is C12H11IO3. The summed E-state index contributed by atoms with van der Waals surface area (Å²) in [6.45, 7) is 3.85. The Morgan fingerprint density at radius 2 is 2.12 bits per heavy atom. The Kier molecular flexibility index (Phi) is 2.69. The molecule has 0 aromatic heterocycles. The van der Waals surface area contributed by atoms with Crippen molar-refractivity contribution >= 4 is 34.6 Å². The lowest BCUT2D eigenvalue weighted by molar-refractivity contribution is 0.0685. The Morgan fingerprint density at radius 1 is 1.44 bits per heavy atom. The molecule has 1 aromatic rings. The van der Waals surface area contributed by atoms with E-state index in [-0.39, 0.29) is 5.56 Å². The number of rotatable bonds is 1. The summed E-state index contributed by atoms with van der Waals surface area (Å²) in [5.41, 5.74) is 0.577. The van der Waals surface area contributed by atoms with Crippen LogP contribution >= 0.6 is 22.6 Å². The minimum absolute atomic E-state index is 0.214. The first-order valence-electron chi connectivity index (χ1n) is 4.85. The molecule has 1 aliphatic rings. The number of fused-ring (bicyclic) bond motifs is 1. The van der Waals surface area contributed by atoms with Crippen LogP contribution < -0.4 is 4.74 Å². The van der Waals surface area contributed by atoms with Gasteiger partial charge in [0.15, 0.2) is 0 Å². The smallest absolute Gasteiger partial charge is 0.339 e. The van der Waals surface area contributed by atoms with Crippen molar-refractivity contribution < 1.29 is 14.6 Å². The molecule has 1 N–H and O–H groups in total. The van der Waals surface area contributed by atoms with Crippen LogP contribution in [0.3, 0.4) is 0 Å². The molecule has 0 fully saturated rings. The maximum Gasteiger partial charge on any atom is 0.339 e. The van der Waals surface area contributed by atoms with Crippen LogP contribution in [0.1, 0.15) is 29.8 Å². The van der Waals surface area contributed by atoms with Crippen molar-refractivity contribution in [2.75, 3.05) is 0 Å². The number of halogens is 1. The van der Waals surface area contributed by atoms with Gasteiger partial charge in [0.05, 0.1) is 0 Å². The monoisotopic (exact) mass is 330 g/mol. The molecule has 3 nitrogen and oxygen atoms in total. The Morgan fingerprint density at radius 3 is 2.75 bits per heavy atom. The van der Waals surface area contributed by atoms with Gasteiger partial charge in [-0.2, -0.15) is 0 Å². The topological polar surface area (TPSA) is 46.5 Å². The van der Waals surface area contributed by atoms with E-state index in [4.69, 9.17) is 9.84 Å². The molecule has 4 heteroatoms. The van der Waals surface area contributed by atoms with E-state index in [0.29, 0.717) is 5.75 Å². The third-order valence-electron chi connectivity index (χ3n) is 2.49. The van der Waals surface area contributed by atoms with Crippen molar-refractivity contribution in [3.63, 3.8) is 0 Å². The van der Waals surface area contributed by atoms with Crippen LogP contribution in [0.15, 0.2) is 21.8 Å². The maximum atomic E-state index is 11.1. The molecule has 0 aliphatic carbocycles. The third-order valence-corrected chi connectivity index (χ3v) is 4.10. The third kappa shape index (κ3) is 1.81. The maximum absolute atomic E-state index is 11.1. The zero-order valence-electron chi connectivity index (χ0n) is 8.95. The molecule has 0 saturated carbocycles. The molecule has 1 heterocycles. The van der Waals surface area contributed by atoms with E-state index in [1.165, 1.54) is 0 Å². The average Bonchev–Trinajstić information content (AvgIpc) is 2.18. The van der Waals surface area contributed by atoms with E-state index >= 15 is 0 Å². The predicted molar refractivity (Wildman–Crippen MR) is 70.1 cm³/mol. The van der Waals surface area contributed by atoms with Crippen LogP contribution in [-0.4, -0.2) is 16.7 Å². The van der Waals surface area contributed by atoms with Crippen molar-refractivity contribution in [1.29, 1.82) is 0 Å². The van der Waals surface area contributed by atoms with Crippen molar-refractivity contribution in [1.82, 2.24) is 0 Å². The van der Waals surface area contributed by atoms with E-state index in [1.807, 2.05) is 26.0 Å². The number of carbonyl (C=O) groups is 1. The minimum Gasteiger partial charge on any atom is -0.481 e. The van der Waals surface area contributed by atoms with Gasteiger partial charge in [-0.1, -0.05) is 12.1 Å². The first-order chi connectivity index (χ1) is 7.42. The van der Waals surface area contributed by atoms with Crippen molar-refractivity contribution in [2.45, 2.75) is 19.4 Å². The van der Waals surface area contributed by atoms with Crippen LogP contribution in [0.2, 0.25) is 0 Å². The van der Waals surface area contributed by atoms with Gasteiger partial charge in [0.2, 0.25) is 0 Å². The molecule has 84 valence electrons. The van der Waals surface area contributed by atoms with Crippen molar-refractivity contribution in [3.05, 3.63) is 32.9 Å². The van der Waals surface area contributed by atoms with Gasteiger partial charge in [-0.05, 0) is 48.6 Å². The van der Waals surface area contributed by atoms with Crippen LogP contribution in [0.25, 0.3) is 6.08 Å². The highest BCUT2D eigenvalue weighted by atomic mass is 127. The SMILES string of the molecule is CC1(C)Oc2c(cccc2C(=O)O)C=C1I. The van der Waals surface area contributed by atoms with E-state index in [9.17, 15) is 4.79 Å². The van der Waals surface area contributed by atoms with E-state index < -0.39 is 11.6 Å². The quantitative estimate of drug-likeness (QED) is 0.804. The molecule has 16 heavy (non-hydrogen) atoms. The van der Waals surface area contributed by atoms with Gasteiger partial charge in [-0.25, -0.2) is 4.79 Å². The molecule has 1 aliphatic heterocycles. The standard InChI is InChI=1S/C12H11IO3/c1-12(2)9(13)6-7-4-3-5-8(11(14)15)10(7)16-12/h3-6H,1-2H3,(H,14,15). The Bertz CT molecular complexity index is 489. The average molecular weight is 330 g/mol. The fraction of sp³-hybridized carbons (Fsp3) is 0.250. The summed E-state index contributed by atoms with van der Waals surface area (Å²) in [6, 6.07) is 5.14. The highest BCUT2D eigenvalue weighted by Crippen LogP contribution is 2.40. The number of para-hydroxylation sites is 1. The highest BCUT2D eigenvalue weighted by Gasteiger charge is 2.31. The summed E-state index contributed by atoms with van der Waals surface area (Å²) in [7, 11) is 0. The first kappa shape index (κ1) is 11.4. The van der Waals surface area contributed by atoms with Gasteiger partial charge in [-0.3, -0.25) is 0 Å². The highest BCUT2D eigenvalue weighted by molar-refractivity contribution is 14.1. The van der Waals surface area contributed by atoms with Gasteiger partial charge in [0.25, 0.3) is 0 Å². The summed E-state index contributed by atoms with van der Waals surface area (Å²) in [6.07, 6.45) is 1.96. The number of carboxylic acids is 1. The molecule has 0 bridgehead atoms. The molecule has 0 atom stereocenters. The lowest BCUT2D eigenvalue weighted by Gasteiger charge is -2.31. The number of benzene rings is 1. The largest absolute Gasteiger partial charge is 0.481 e. The summed E-state index contributed by atoms with van der Waals surface area (Å²) in [4.78, 5) is 11.1. The summed E-state index contributed by atoms with van der Waals surface area (Å²) in [5, 5.41) is 9.07. The molecule has 0 saturated heterocycles. The molecule has 0 radical (unpaired) electrons. The van der Waals surface area contributed by atoms with Gasteiger partial charge in [0.1, 0.15) is 16.9 Å². The second kappa shape index (κ2) is 3.76. The van der Waals surface area contributed by atoms with E-state index in [1.54, 1.807) is 12.1 Å². The van der Waals surface area contributed by atoms with Crippen LogP contribution in [0, 0.1) is 0 Å². The second-order valence-corrected chi connectivity index (χ2v) is 5.30.